The lowest BCUT2D eigenvalue weighted by Crippen LogP contribution is -2.03. The molecule has 0 fully saturated rings. The van der Waals surface area contributed by atoms with Gasteiger partial charge in [0.05, 0.1) is 0 Å². The molecule has 2 nitrogen and oxygen atoms in total. The number of hydrogen-bond acceptors (Lipinski definition) is 2. The molecule has 1 rings (SSSR count). The quantitative estimate of drug-likeness (QED) is 0.471. The van der Waals surface area contributed by atoms with E-state index in [9.17, 15) is 4.79 Å². The van der Waals surface area contributed by atoms with Gasteiger partial charge in [0.25, 0.3) is 0 Å². The second-order valence-electron chi connectivity index (χ2n) is 2.80. The zero-order valence-electron chi connectivity index (χ0n) is 7.92. The minimum atomic E-state index is -0.320. The van der Waals surface area contributed by atoms with Gasteiger partial charge >= 0.3 is 5.97 Å². The van der Waals surface area contributed by atoms with Crippen LogP contribution in [0.2, 0.25) is 0 Å². The third-order valence-corrected chi connectivity index (χ3v) is 2.35. The number of esters is 1. The van der Waals surface area contributed by atoms with Crippen molar-refractivity contribution in [3.8, 4) is 5.75 Å². The number of ether oxygens (including phenoxy) is 1. The van der Waals surface area contributed by atoms with Gasteiger partial charge in [0.15, 0.2) is 0 Å². The first kappa shape index (κ1) is 11.0. The number of hydrogen-bond donors (Lipinski definition) is 0. The van der Waals surface area contributed by atoms with Crippen molar-refractivity contribution in [3.63, 3.8) is 0 Å². The summed E-state index contributed by atoms with van der Waals surface area (Å²) in [7, 11) is 0. The lowest BCUT2D eigenvalue weighted by molar-refractivity contribution is -0.131. The third-order valence-electron chi connectivity index (χ3n) is 1.71. The van der Waals surface area contributed by atoms with Crippen LogP contribution < -0.4 is 4.74 Å². The fraction of sp³-hybridized carbons (Fsp3) is 0.182. The Bertz CT molecular complexity index is 358. The molecule has 1 aromatic rings. The Hall–Kier alpha value is -1.09. The van der Waals surface area contributed by atoms with Crippen molar-refractivity contribution in [2.24, 2.45) is 0 Å². The molecule has 0 aromatic heterocycles. The van der Waals surface area contributed by atoms with Crippen molar-refractivity contribution in [3.05, 3.63) is 35.9 Å². The highest BCUT2D eigenvalue weighted by molar-refractivity contribution is 9.08. The van der Waals surface area contributed by atoms with E-state index in [0.717, 1.165) is 16.5 Å². The van der Waals surface area contributed by atoms with Gasteiger partial charge in [-0.1, -0.05) is 40.7 Å². The molecule has 0 spiro atoms. The lowest BCUT2D eigenvalue weighted by Gasteiger charge is -2.06. The standard InChI is InChI=1S/C11H11BrO2/c1-3-10-5-4-9(7-12)6-11(10)14-8(2)13/h3-6H,1,7H2,2H3. The first-order valence-electron chi connectivity index (χ1n) is 4.17. The molecular formula is C11H11BrO2. The molecule has 0 aliphatic carbocycles. The Morgan fingerprint density at radius 2 is 2.36 bits per heavy atom. The van der Waals surface area contributed by atoms with E-state index >= 15 is 0 Å². The number of benzene rings is 1. The minimum Gasteiger partial charge on any atom is -0.426 e. The molecule has 14 heavy (non-hydrogen) atoms. The van der Waals surface area contributed by atoms with E-state index in [-0.39, 0.29) is 5.97 Å². The Kier molecular flexibility index (Phi) is 3.89. The highest BCUT2D eigenvalue weighted by Gasteiger charge is 2.04. The summed E-state index contributed by atoms with van der Waals surface area (Å²) in [4.78, 5) is 10.8. The van der Waals surface area contributed by atoms with Gasteiger partial charge in [-0.05, 0) is 11.6 Å². The molecule has 0 amide bonds. The summed E-state index contributed by atoms with van der Waals surface area (Å²) in [6.07, 6.45) is 1.66. The number of halogens is 1. The summed E-state index contributed by atoms with van der Waals surface area (Å²) < 4.78 is 5.05. The van der Waals surface area contributed by atoms with Crippen molar-refractivity contribution < 1.29 is 9.53 Å². The smallest absolute Gasteiger partial charge is 0.308 e. The summed E-state index contributed by atoms with van der Waals surface area (Å²) in [6, 6.07) is 5.66. The van der Waals surface area contributed by atoms with Crippen LogP contribution in [0, 0.1) is 0 Å². The monoisotopic (exact) mass is 254 g/mol. The molecular weight excluding hydrogens is 244 g/mol. The highest BCUT2D eigenvalue weighted by atomic mass is 79.9. The van der Waals surface area contributed by atoms with Gasteiger partial charge < -0.3 is 4.74 Å². The third kappa shape index (κ3) is 2.70. The van der Waals surface area contributed by atoms with Gasteiger partial charge in [0.1, 0.15) is 5.75 Å². The van der Waals surface area contributed by atoms with Crippen LogP contribution in [0.4, 0.5) is 0 Å². The predicted octanol–water partition coefficient (Wildman–Crippen LogP) is 3.15. The fourth-order valence-electron chi connectivity index (χ4n) is 1.07. The molecule has 3 heteroatoms. The molecule has 0 bridgehead atoms. The van der Waals surface area contributed by atoms with E-state index in [1.54, 1.807) is 6.08 Å². The van der Waals surface area contributed by atoms with Gasteiger partial charge in [-0.2, -0.15) is 0 Å². The van der Waals surface area contributed by atoms with Gasteiger partial charge in [0, 0.05) is 17.8 Å². The molecule has 0 aliphatic heterocycles. The van der Waals surface area contributed by atoms with Crippen LogP contribution in [0.25, 0.3) is 6.08 Å². The summed E-state index contributed by atoms with van der Waals surface area (Å²) in [5, 5.41) is 0.735. The normalized spacial score (nSPS) is 9.57. The number of rotatable bonds is 3. The summed E-state index contributed by atoms with van der Waals surface area (Å²) >= 11 is 3.34. The maximum absolute atomic E-state index is 10.8. The predicted molar refractivity (Wildman–Crippen MR) is 60.5 cm³/mol. The van der Waals surface area contributed by atoms with Crippen LogP contribution in [0.5, 0.6) is 5.75 Å². The van der Waals surface area contributed by atoms with E-state index in [4.69, 9.17) is 4.74 Å². The second-order valence-corrected chi connectivity index (χ2v) is 3.36. The summed E-state index contributed by atoms with van der Waals surface area (Å²) in [5.41, 5.74) is 1.89. The van der Waals surface area contributed by atoms with E-state index in [0.29, 0.717) is 5.75 Å². The van der Waals surface area contributed by atoms with Crippen LogP contribution in [0.15, 0.2) is 24.8 Å². The van der Waals surface area contributed by atoms with Gasteiger partial charge in [-0.25, -0.2) is 0 Å². The first-order valence-corrected chi connectivity index (χ1v) is 5.29. The highest BCUT2D eigenvalue weighted by Crippen LogP contribution is 2.22. The number of carbonyl (C=O) groups is 1. The van der Waals surface area contributed by atoms with Gasteiger partial charge in [0.2, 0.25) is 0 Å². The van der Waals surface area contributed by atoms with Crippen LogP contribution in [0.3, 0.4) is 0 Å². The number of carbonyl (C=O) groups excluding carboxylic acids is 1. The fourth-order valence-corrected chi connectivity index (χ4v) is 1.42. The van der Waals surface area contributed by atoms with Crippen molar-refractivity contribution >= 4 is 28.0 Å². The van der Waals surface area contributed by atoms with E-state index in [1.807, 2.05) is 18.2 Å². The van der Waals surface area contributed by atoms with Gasteiger partial charge in [-0.3, -0.25) is 4.79 Å². The van der Waals surface area contributed by atoms with Crippen LogP contribution in [-0.2, 0) is 10.1 Å². The second kappa shape index (κ2) is 4.96. The zero-order valence-corrected chi connectivity index (χ0v) is 9.50. The molecule has 1 aromatic carbocycles. The van der Waals surface area contributed by atoms with Crippen molar-refractivity contribution in [1.29, 1.82) is 0 Å². The Morgan fingerprint density at radius 1 is 1.64 bits per heavy atom. The summed E-state index contributed by atoms with van der Waals surface area (Å²) in [5.74, 6) is 0.240. The van der Waals surface area contributed by atoms with Crippen molar-refractivity contribution in [2.75, 3.05) is 0 Å². The van der Waals surface area contributed by atoms with Crippen LogP contribution in [0.1, 0.15) is 18.1 Å². The lowest BCUT2D eigenvalue weighted by atomic mass is 10.1. The molecule has 74 valence electrons. The molecule has 0 unspecified atom stereocenters. The Balaban J connectivity index is 3.07. The topological polar surface area (TPSA) is 26.3 Å². The van der Waals surface area contributed by atoms with E-state index < -0.39 is 0 Å². The largest absolute Gasteiger partial charge is 0.426 e. The molecule has 0 N–H and O–H groups in total. The molecule has 0 radical (unpaired) electrons. The van der Waals surface area contributed by atoms with Crippen LogP contribution in [-0.4, -0.2) is 5.97 Å². The molecule has 0 atom stereocenters. The minimum absolute atomic E-state index is 0.320. The Labute approximate surface area is 91.7 Å². The maximum atomic E-state index is 10.8. The first-order chi connectivity index (χ1) is 6.67. The SMILES string of the molecule is C=Cc1ccc(CBr)cc1OC(C)=O. The molecule has 0 aliphatic rings. The summed E-state index contributed by atoms with van der Waals surface area (Å²) in [6.45, 7) is 5.03. The molecule has 0 saturated heterocycles. The maximum Gasteiger partial charge on any atom is 0.308 e. The Morgan fingerprint density at radius 3 is 2.86 bits per heavy atom. The zero-order chi connectivity index (χ0) is 10.6. The van der Waals surface area contributed by atoms with Crippen molar-refractivity contribution in [2.45, 2.75) is 12.3 Å². The van der Waals surface area contributed by atoms with Crippen molar-refractivity contribution in [1.82, 2.24) is 0 Å². The molecule has 0 saturated carbocycles. The average Bonchev–Trinajstić information content (AvgIpc) is 2.16. The molecule has 0 heterocycles. The van der Waals surface area contributed by atoms with E-state index in [1.165, 1.54) is 6.92 Å². The number of alkyl halides is 1. The van der Waals surface area contributed by atoms with E-state index in [2.05, 4.69) is 22.5 Å². The van der Waals surface area contributed by atoms with Crippen LogP contribution >= 0.6 is 15.9 Å². The average molecular weight is 255 g/mol. The van der Waals surface area contributed by atoms with Gasteiger partial charge in [-0.15, -0.1) is 0 Å².